The summed E-state index contributed by atoms with van der Waals surface area (Å²) in [4.78, 5) is 30.6. The van der Waals surface area contributed by atoms with E-state index in [2.05, 4.69) is 15.0 Å². The van der Waals surface area contributed by atoms with Crippen LogP contribution in [0.1, 0.15) is 5.82 Å². The van der Waals surface area contributed by atoms with Gasteiger partial charge >= 0.3 is 11.8 Å². The second-order valence-corrected chi connectivity index (χ2v) is 5.88. The van der Waals surface area contributed by atoms with Gasteiger partial charge in [0.2, 0.25) is 5.82 Å². The standard InChI is InChI=1S/C14H21N7O4/c1-17-12(15-11-13(17)21(23)24)10-16-20-5-4-19(14(20)22)3-2-18-6-8-25-9-7-18/h10-11H,2-9H2,1H3/b16-10+. The van der Waals surface area contributed by atoms with Crippen molar-refractivity contribution >= 4 is 18.1 Å². The molecule has 2 aliphatic rings. The number of hydrogen-bond acceptors (Lipinski definition) is 7. The molecular weight excluding hydrogens is 330 g/mol. The van der Waals surface area contributed by atoms with E-state index in [4.69, 9.17) is 4.74 Å². The second kappa shape index (κ2) is 7.57. The number of amides is 2. The van der Waals surface area contributed by atoms with Crippen molar-refractivity contribution < 1.29 is 14.5 Å². The monoisotopic (exact) mass is 351 g/mol. The van der Waals surface area contributed by atoms with Crippen molar-refractivity contribution in [3.05, 3.63) is 22.1 Å². The van der Waals surface area contributed by atoms with Crippen molar-refractivity contribution in [2.24, 2.45) is 12.1 Å². The van der Waals surface area contributed by atoms with E-state index < -0.39 is 4.92 Å². The summed E-state index contributed by atoms with van der Waals surface area (Å²) >= 11 is 0. The van der Waals surface area contributed by atoms with Crippen LogP contribution >= 0.6 is 0 Å². The number of ether oxygens (including phenoxy) is 1. The molecule has 25 heavy (non-hydrogen) atoms. The van der Waals surface area contributed by atoms with E-state index in [9.17, 15) is 14.9 Å². The highest BCUT2D eigenvalue weighted by Crippen LogP contribution is 2.12. The third-order valence-corrected chi connectivity index (χ3v) is 4.36. The van der Waals surface area contributed by atoms with Crippen molar-refractivity contribution in [2.75, 3.05) is 52.5 Å². The number of aromatic nitrogens is 2. The zero-order valence-corrected chi connectivity index (χ0v) is 14.1. The zero-order chi connectivity index (χ0) is 17.8. The predicted octanol–water partition coefficient (Wildman–Crippen LogP) is -0.268. The molecule has 0 atom stereocenters. The Morgan fingerprint density at radius 3 is 2.76 bits per heavy atom. The third-order valence-electron chi connectivity index (χ3n) is 4.36. The van der Waals surface area contributed by atoms with Crippen LogP contribution in [0.15, 0.2) is 11.3 Å². The first-order valence-corrected chi connectivity index (χ1v) is 8.13. The molecule has 136 valence electrons. The van der Waals surface area contributed by atoms with Gasteiger partial charge in [-0.3, -0.25) is 4.90 Å². The maximum Gasteiger partial charge on any atom is 0.342 e. The van der Waals surface area contributed by atoms with Gasteiger partial charge in [-0.1, -0.05) is 0 Å². The molecule has 1 aromatic heterocycles. The highest BCUT2D eigenvalue weighted by Gasteiger charge is 2.28. The normalized spacial score (nSPS) is 19.3. The van der Waals surface area contributed by atoms with Crippen LogP contribution in [0.25, 0.3) is 0 Å². The highest BCUT2D eigenvalue weighted by molar-refractivity contribution is 5.80. The van der Waals surface area contributed by atoms with E-state index in [1.165, 1.54) is 29.0 Å². The first-order chi connectivity index (χ1) is 12.1. The molecule has 11 heteroatoms. The molecule has 2 amide bonds. The molecule has 2 saturated heterocycles. The van der Waals surface area contributed by atoms with Gasteiger partial charge in [-0.15, -0.1) is 0 Å². The van der Waals surface area contributed by atoms with Crippen LogP contribution in [-0.4, -0.2) is 94.0 Å². The van der Waals surface area contributed by atoms with Crippen LogP contribution in [0.2, 0.25) is 0 Å². The van der Waals surface area contributed by atoms with E-state index in [1.807, 2.05) is 0 Å². The Labute approximate surface area is 144 Å². The number of carbonyl (C=O) groups excluding carboxylic acids is 1. The summed E-state index contributed by atoms with van der Waals surface area (Å²) in [5, 5.41) is 16.3. The lowest BCUT2D eigenvalue weighted by molar-refractivity contribution is -0.391. The minimum Gasteiger partial charge on any atom is -0.379 e. The molecule has 1 aromatic rings. The SMILES string of the molecule is Cn1c([N+](=O)[O-])cnc1/C=N/N1CCN(CCN2CCOCC2)C1=O. The van der Waals surface area contributed by atoms with Crippen LogP contribution in [0.4, 0.5) is 10.6 Å². The van der Waals surface area contributed by atoms with Gasteiger partial charge < -0.3 is 19.8 Å². The van der Waals surface area contributed by atoms with Crippen LogP contribution in [0.5, 0.6) is 0 Å². The highest BCUT2D eigenvalue weighted by atomic mass is 16.6. The van der Waals surface area contributed by atoms with Crippen LogP contribution in [0.3, 0.4) is 0 Å². The van der Waals surface area contributed by atoms with Gasteiger partial charge in [-0.2, -0.15) is 5.10 Å². The molecule has 2 aliphatic heterocycles. The molecule has 0 unspecified atom stereocenters. The van der Waals surface area contributed by atoms with Crippen LogP contribution in [0, 0.1) is 10.1 Å². The van der Waals surface area contributed by atoms with E-state index in [1.54, 1.807) is 4.90 Å². The molecule has 0 bridgehead atoms. The molecule has 3 rings (SSSR count). The molecule has 0 aromatic carbocycles. The molecule has 0 aliphatic carbocycles. The Morgan fingerprint density at radius 1 is 1.32 bits per heavy atom. The number of hydrogen-bond donors (Lipinski definition) is 0. The molecule has 0 saturated carbocycles. The van der Waals surface area contributed by atoms with Gasteiger partial charge in [0.1, 0.15) is 12.4 Å². The summed E-state index contributed by atoms with van der Waals surface area (Å²) in [6.45, 7) is 5.83. The Balaban J connectivity index is 1.54. The Kier molecular flexibility index (Phi) is 5.24. The van der Waals surface area contributed by atoms with E-state index in [-0.39, 0.29) is 11.8 Å². The lowest BCUT2D eigenvalue weighted by Gasteiger charge is -2.28. The number of morpholine rings is 1. The number of rotatable bonds is 6. The average Bonchev–Trinajstić information content (AvgIpc) is 3.15. The fraction of sp³-hybridized carbons (Fsp3) is 0.643. The number of urea groups is 1. The summed E-state index contributed by atoms with van der Waals surface area (Å²) in [6, 6.07) is -0.159. The van der Waals surface area contributed by atoms with Crippen molar-refractivity contribution in [1.82, 2.24) is 24.4 Å². The average molecular weight is 351 g/mol. The van der Waals surface area contributed by atoms with Crippen LogP contribution in [-0.2, 0) is 11.8 Å². The smallest absolute Gasteiger partial charge is 0.342 e. The van der Waals surface area contributed by atoms with E-state index in [0.29, 0.717) is 25.5 Å². The predicted molar refractivity (Wildman–Crippen MR) is 88.4 cm³/mol. The third kappa shape index (κ3) is 3.94. The fourth-order valence-electron chi connectivity index (χ4n) is 2.80. The van der Waals surface area contributed by atoms with Crippen molar-refractivity contribution in [1.29, 1.82) is 0 Å². The zero-order valence-electron chi connectivity index (χ0n) is 14.1. The number of nitrogens with zero attached hydrogens (tertiary/aromatic N) is 7. The number of hydrazone groups is 1. The van der Waals surface area contributed by atoms with Gasteiger partial charge in [-0.05, 0) is 4.92 Å². The minimum atomic E-state index is -0.515. The van der Waals surface area contributed by atoms with Crippen molar-refractivity contribution in [2.45, 2.75) is 0 Å². The summed E-state index contributed by atoms with van der Waals surface area (Å²) in [6.07, 6.45) is 2.54. The topological polar surface area (TPSA) is 109 Å². The molecule has 11 nitrogen and oxygen atoms in total. The van der Waals surface area contributed by atoms with Gasteiger partial charge in [0, 0.05) is 32.7 Å². The van der Waals surface area contributed by atoms with Crippen LogP contribution < -0.4 is 0 Å². The Bertz CT molecular complexity index is 668. The Morgan fingerprint density at radius 2 is 2.08 bits per heavy atom. The number of imidazole rings is 1. The van der Waals surface area contributed by atoms with Gasteiger partial charge in [-0.25, -0.2) is 19.4 Å². The summed E-state index contributed by atoms with van der Waals surface area (Å²) in [7, 11) is 1.53. The molecule has 0 N–H and O–H groups in total. The number of carbonyl (C=O) groups is 1. The lowest BCUT2D eigenvalue weighted by atomic mass is 10.4. The quantitative estimate of drug-likeness (QED) is 0.396. The molecule has 3 heterocycles. The van der Waals surface area contributed by atoms with Crippen molar-refractivity contribution in [3.63, 3.8) is 0 Å². The largest absolute Gasteiger partial charge is 0.379 e. The first kappa shape index (κ1) is 17.3. The first-order valence-electron chi connectivity index (χ1n) is 8.13. The van der Waals surface area contributed by atoms with Gasteiger partial charge in [0.05, 0.1) is 26.8 Å². The maximum absolute atomic E-state index is 12.4. The summed E-state index contributed by atoms with van der Waals surface area (Å²) in [5.74, 6) is 0.201. The van der Waals surface area contributed by atoms with Gasteiger partial charge in [0.25, 0.3) is 0 Å². The summed E-state index contributed by atoms with van der Waals surface area (Å²) in [5.41, 5.74) is 0. The Hall–Kier alpha value is -2.53. The second-order valence-electron chi connectivity index (χ2n) is 5.88. The lowest BCUT2D eigenvalue weighted by Crippen LogP contribution is -2.42. The van der Waals surface area contributed by atoms with E-state index >= 15 is 0 Å². The fourth-order valence-corrected chi connectivity index (χ4v) is 2.80. The minimum absolute atomic E-state index is 0.124. The van der Waals surface area contributed by atoms with E-state index in [0.717, 1.165) is 32.8 Å². The molecule has 0 spiro atoms. The maximum atomic E-state index is 12.4. The van der Waals surface area contributed by atoms with Crippen molar-refractivity contribution in [3.8, 4) is 0 Å². The molecule has 0 radical (unpaired) electrons. The molecular formula is C14H21N7O4. The van der Waals surface area contributed by atoms with Gasteiger partial charge in [0.15, 0.2) is 0 Å². The molecule has 2 fully saturated rings. The number of nitro groups is 1. The summed E-state index contributed by atoms with van der Waals surface area (Å²) < 4.78 is 6.63.